The summed E-state index contributed by atoms with van der Waals surface area (Å²) >= 11 is 1.83. The smallest absolute Gasteiger partial charge is 0.228 e. The Hall–Kier alpha value is -2.73. The molecule has 0 saturated carbocycles. The average molecular weight is 579 g/mol. The highest BCUT2D eigenvalue weighted by Crippen LogP contribution is 2.29. The molecule has 0 unspecified atom stereocenters. The van der Waals surface area contributed by atoms with Gasteiger partial charge in [-0.25, -0.2) is 0 Å². The van der Waals surface area contributed by atoms with Crippen molar-refractivity contribution in [3.63, 3.8) is 0 Å². The predicted molar refractivity (Wildman–Crippen MR) is 174 cm³/mol. The summed E-state index contributed by atoms with van der Waals surface area (Å²) in [6, 6.07) is 13.5. The molecule has 2 aromatic rings. The van der Waals surface area contributed by atoms with Crippen LogP contribution in [0.15, 0.2) is 53.6 Å². The lowest BCUT2D eigenvalue weighted by molar-refractivity contribution is -0.115. The molecular weight excluding hydrogens is 528 g/mol. The Bertz CT molecular complexity index is 1130. The highest BCUT2D eigenvalue weighted by atomic mass is 32.2. The minimum absolute atomic E-state index is 0.0471. The van der Waals surface area contributed by atoms with Crippen molar-refractivity contribution in [2.75, 3.05) is 17.8 Å². The SMILES string of the molecule is CCCCCCCCCCCCCCOc1c(CC(=O)Nc2ccccc2CN2C=C(C)SC2)cccc1C(C)=O. The predicted octanol–water partition coefficient (Wildman–Crippen LogP) is 9.52. The molecule has 1 aliphatic heterocycles. The number of carbonyl (C=O) groups is 2. The standard InChI is InChI=1S/C35H50N2O3S/c1-4-5-6-7-8-9-10-11-12-13-14-17-23-40-35-30(20-18-21-32(35)29(3)38)24-34(39)36-33-22-16-15-19-31(33)26-37-25-28(2)41-27-37/h15-16,18-22,25H,4-14,17,23-24,26-27H2,1-3H3,(H,36,39). The van der Waals surface area contributed by atoms with E-state index in [1.165, 1.54) is 69.1 Å². The molecule has 0 fully saturated rings. The number of anilines is 1. The molecule has 1 aliphatic rings. The maximum Gasteiger partial charge on any atom is 0.228 e. The Kier molecular flexibility index (Phi) is 14.9. The summed E-state index contributed by atoms with van der Waals surface area (Å²) in [6.45, 7) is 7.24. The summed E-state index contributed by atoms with van der Waals surface area (Å²) in [7, 11) is 0. The second-order valence-corrected chi connectivity index (χ2v) is 12.4. The number of para-hydroxylation sites is 2. The summed E-state index contributed by atoms with van der Waals surface area (Å²) in [6.07, 6.45) is 17.8. The molecule has 0 spiro atoms. The van der Waals surface area contributed by atoms with Crippen molar-refractivity contribution < 1.29 is 14.3 Å². The normalized spacial score (nSPS) is 12.9. The van der Waals surface area contributed by atoms with Gasteiger partial charge in [0, 0.05) is 24.0 Å². The summed E-state index contributed by atoms with van der Waals surface area (Å²) in [5.41, 5.74) is 3.19. The molecule has 0 bridgehead atoms. The number of nitrogens with zero attached hydrogens (tertiary/aromatic N) is 1. The van der Waals surface area contributed by atoms with Crippen molar-refractivity contribution in [2.24, 2.45) is 0 Å². The lowest BCUT2D eigenvalue weighted by Crippen LogP contribution is -2.19. The zero-order valence-corrected chi connectivity index (χ0v) is 26.3. The molecule has 0 radical (unpaired) electrons. The number of rotatable bonds is 20. The van der Waals surface area contributed by atoms with Crippen molar-refractivity contribution >= 4 is 29.1 Å². The molecule has 0 aliphatic carbocycles. The van der Waals surface area contributed by atoms with Crippen LogP contribution in [0, 0.1) is 0 Å². The largest absolute Gasteiger partial charge is 0.493 e. The van der Waals surface area contributed by atoms with Crippen LogP contribution in [0.4, 0.5) is 5.69 Å². The highest BCUT2D eigenvalue weighted by Gasteiger charge is 2.18. The van der Waals surface area contributed by atoms with E-state index in [4.69, 9.17) is 4.74 Å². The van der Waals surface area contributed by atoms with Gasteiger partial charge in [0.1, 0.15) is 5.75 Å². The topological polar surface area (TPSA) is 58.6 Å². The van der Waals surface area contributed by atoms with Crippen LogP contribution in [0.3, 0.4) is 0 Å². The molecule has 3 rings (SSSR count). The van der Waals surface area contributed by atoms with E-state index in [2.05, 4.69) is 36.3 Å². The molecule has 1 amide bonds. The first-order valence-corrected chi connectivity index (χ1v) is 16.6. The van der Waals surface area contributed by atoms with Gasteiger partial charge in [0.05, 0.1) is 24.5 Å². The number of carbonyl (C=O) groups excluding carboxylic acids is 2. The number of hydrogen-bond acceptors (Lipinski definition) is 5. The van der Waals surface area contributed by atoms with Crippen LogP contribution in [0.25, 0.3) is 0 Å². The van der Waals surface area contributed by atoms with Crippen LogP contribution >= 0.6 is 11.8 Å². The third kappa shape index (κ3) is 12.0. The fourth-order valence-electron chi connectivity index (χ4n) is 5.26. The van der Waals surface area contributed by atoms with Crippen molar-refractivity contribution in [1.82, 2.24) is 4.90 Å². The number of ether oxygens (including phenoxy) is 1. The second kappa shape index (κ2) is 18.7. The number of unbranched alkanes of at least 4 members (excludes halogenated alkanes) is 11. The van der Waals surface area contributed by atoms with Gasteiger partial charge >= 0.3 is 0 Å². The summed E-state index contributed by atoms with van der Waals surface area (Å²) < 4.78 is 6.18. The van der Waals surface area contributed by atoms with Crippen molar-refractivity contribution in [2.45, 2.75) is 111 Å². The van der Waals surface area contributed by atoms with E-state index >= 15 is 0 Å². The van der Waals surface area contributed by atoms with Gasteiger partial charge in [-0.1, -0.05) is 108 Å². The van der Waals surface area contributed by atoms with Gasteiger partial charge in [-0.2, -0.15) is 0 Å². The molecule has 0 saturated heterocycles. The van der Waals surface area contributed by atoms with E-state index in [0.717, 1.165) is 42.1 Å². The fraction of sp³-hybridized carbons (Fsp3) is 0.543. The number of nitrogens with one attached hydrogen (secondary N) is 1. The van der Waals surface area contributed by atoms with Crippen LogP contribution in [0.2, 0.25) is 0 Å². The van der Waals surface area contributed by atoms with Crippen LogP contribution in [0.5, 0.6) is 5.75 Å². The summed E-state index contributed by atoms with van der Waals surface area (Å²) in [5, 5.41) is 3.10. The first kappa shape index (κ1) is 32.8. The minimum atomic E-state index is -0.115. The molecule has 0 aromatic heterocycles. The number of benzene rings is 2. The van der Waals surface area contributed by atoms with E-state index in [1.54, 1.807) is 13.0 Å². The van der Waals surface area contributed by atoms with E-state index in [0.29, 0.717) is 17.9 Å². The van der Waals surface area contributed by atoms with E-state index < -0.39 is 0 Å². The van der Waals surface area contributed by atoms with Crippen LogP contribution in [-0.2, 0) is 17.8 Å². The maximum absolute atomic E-state index is 13.2. The quantitative estimate of drug-likeness (QED) is 0.125. The molecule has 5 nitrogen and oxygen atoms in total. The molecule has 0 atom stereocenters. The van der Waals surface area contributed by atoms with Gasteiger partial charge in [-0.15, -0.1) is 11.8 Å². The zero-order chi connectivity index (χ0) is 29.3. The van der Waals surface area contributed by atoms with E-state index in [1.807, 2.05) is 42.1 Å². The lowest BCUT2D eigenvalue weighted by Gasteiger charge is -2.18. The van der Waals surface area contributed by atoms with Gasteiger partial charge in [-0.05, 0) is 42.9 Å². The molecule has 1 N–H and O–H groups in total. The van der Waals surface area contributed by atoms with Crippen molar-refractivity contribution in [1.29, 1.82) is 0 Å². The number of ketones is 1. The van der Waals surface area contributed by atoms with Gasteiger partial charge < -0.3 is 15.0 Å². The number of hydrogen-bond donors (Lipinski definition) is 1. The van der Waals surface area contributed by atoms with Gasteiger partial charge in [0.2, 0.25) is 5.91 Å². The van der Waals surface area contributed by atoms with E-state index in [9.17, 15) is 9.59 Å². The molecule has 6 heteroatoms. The first-order chi connectivity index (χ1) is 20.0. The number of amides is 1. The Morgan fingerprint density at radius 1 is 0.854 bits per heavy atom. The molecule has 41 heavy (non-hydrogen) atoms. The average Bonchev–Trinajstić information content (AvgIpc) is 3.37. The minimum Gasteiger partial charge on any atom is -0.493 e. The van der Waals surface area contributed by atoms with Gasteiger partial charge in [0.25, 0.3) is 0 Å². The number of allylic oxidation sites excluding steroid dienone is 1. The van der Waals surface area contributed by atoms with Crippen LogP contribution in [-0.4, -0.2) is 29.1 Å². The third-order valence-corrected chi connectivity index (χ3v) is 8.58. The third-order valence-electron chi connectivity index (χ3n) is 7.56. The first-order valence-electron chi connectivity index (χ1n) is 15.7. The highest BCUT2D eigenvalue weighted by molar-refractivity contribution is 8.03. The van der Waals surface area contributed by atoms with Crippen LogP contribution < -0.4 is 10.1 Å². The van der Waals surface area contributed by atoms with Gasteiger partial charge in [-0.3, -0.25) is 9.59 Å². The fourth-order valence-corrected chi connectivity index (χ4v) is 6.02. The Morgan fingerprint density at radius 3 is 2.12 bits per heavy atom. The molecule has 2 aromatic carbocycles. The van der Waals surface area contributed by atoms with Crippen LogP contribution in [0.1, 0.15) is 119 Å². The zero-order valence-electron chi connectivity index (χ0n) is 25.5. The molecule has 224 valence electrons. The second-order valence-electron chi connectivity index (χ2n) is 11.2. The summed E-state index contributed by atoms with van der Waals surface area (Å²) in [4.78, 5) is 29.1. The lowest BCUT2D eigenvalue weighted by atomic mass is 10.0. The van der Waals surface area contributed by atoms with Crippen molar-refractivity contribution in [3.8, 4) is 5.75 Å². The number of thioether (sulfide) groups is 1. The summed E-state index contributed by atoms with van der Waals surface area (Å²) in [5.74, 6) is 1.32. The van der Waals surface area contributed by atoms with Gasteiger partial charge in [0.15, 0.2) is 5.78 Å². The van der Waals surface area contributed by atoms with Crippen molar-refractivity contribution in [3.05, 3.63) is 70.3 Å². The Morgan fingerprint density at radius 2 is 1.49 bits per heavy atom. The number of Topliss-reactive ketones (excluding diaryl/α,β-unsaturated/α-hetero) is 1. The Balaban J connectivity index is 1.46. The maximum atomic E-state index is 13.2. The molecular formula is C35H50N2O3S. The monoisotopic (exact) mass is 578 g/mol. The Labute approximate surface area is 252 Å². The molecule has 1 heterocycles. The van der Waals surface area contributed by atoms with E-state index in [-0.39, 0.29) is 18.1 Å².